The largest absolute Gasteiger partial charge is 0.349 e. The van der Waals surface area contributed by atoms with Gasteiger partial charge in [-0.2, -0.15) is 0 Å². The van der Waals surface area contributed by atoms with Crippen LogP contribution in [-0.2, 0) is 11.2 Å². The van der Waals surface area contributed by atoms with Gasteiger partial charge in [0.05, 0.1) is 12.0 Å². The second-order valence-corrected chi connectivity index (χ2v) is 5.18. The van der Waals surface area contributed by atoms with Crippen molar-refractivity contribution in [2.45, 2.75) is 38.6 Å². The van der Waals surface area contributed by atoms with Gasteiger partial charge >= 0.3 is 0 Å². The van der Waals surface area contributed by atoms with E-state index in [0.717, 1.165) is 18.4 Å². The molecule has 18 heavy (non-hydrogen) atoms. The Hall–Kier alpha value is -0.730. The van der Waals surface area contributed by atoms with Crippen molar-refractivity contribution in [1.82, 2.24) is 5.32 Å². The average Bonchev–Trinajstić information content (AvgIpc) is 2.39. The summed E-state index contributed by atoms with van der Waals surface area (Å²) in [6, 6.07) is 7.31. The lowest BCUT2D eigenvalue weighted by atomic mass is 9.95. The zero-order valence-electron chi connectivity index (χ0n) is 10.8. The number of rotatable bonds is 6. The van der Waals surface area contributed by atoms with Gasteiger partial charge in [0.2, 0.25) is 5.91 Å². The highest BCUT2D eigenvalue weighted by atomic mass is 35.5. The molecule has 0 aliphatic heterocycles. The summed E-state index contributed by atoms with van der Waals surface area (Å²) < 4.78 is 0. The molecule has 100 valence electrons. The molecular weight excluding hydrogens is 269 g/mol. The molecular formula is C14H19Cl2NO. The zero-order chi connectivity index (χ0) is 13.6. The number of hydrogen-bond acceptors (Lipinski definition) is 1. The minimum Gasteiger partial charge on any atom is -0.349 e. The van der Waals surface area contributed by atoms with E-state index in [1.807, 2.05) is 26.0 Å². The summed E-state index contributed by atoms with van der Waals surface area (Å²) in [4.78, 5) is 12.0. The maximum atomic E-state index is 12.0. The van der Waals surface area contributed by atoms with Crippen LogP contribution in [0.2, 0.25) is 5.02 Å². The van der Waals surface area contributed by atoms with Gasteiger partial charge < -0.3 is 5.32 Å². The molecule has 0 radical (unpaired) electrons. The lowest BCUT2D eigenvalue weighted by molar-refractivity contribution is -0.122. The van der Waals surface area contributed by atoms with E-state index in [1.54, 1.807) is 12.1 Å². The van der Waals surface area contributed by atoms with E-state index < -0.39 is 0 Å². The Labute approximate surface area is 119 Å². The lowest BCUT2D eigenvalue weighted by Crippen LogP contribution is -2.49. The Morgan fingerprint density at radius 2 is 1.78 bits per heavy atom. The molecule has 4 heteroatoms. The van der Waals surface area contributed by atoms with Gasteiger partial charge in [0.15, 0.2) is 0 Å². The van der Waals surface area contributed by atoms with Crippen molar-refractivity contribution in [3.8, 4) is 0 Å². The molecule has 0 saturated heterocycles. The summed E-state index contributed by atoms with van der Waals surface area (Å²) in [7, 11) is 0. The predicted octanol–water partition coefficient (Wildman–Crippen LogP) is 3.80. The molecule has 0 spiro atoms. The summed E-state index contributed by atoms with van der Waals surface area (Å²) in [5.74, 6) is 0.438. The first-order valence-corrected chi connectivity index (χ1v) is 7.08. The molecule has 0 heterocycles. The number of halogens is 2. The molecule has 1 N–H and O–H groups in total. The molecule has 0 aliphatic rings. The molecule has 0 saturated carbocycles. The minimum atomic E-state index is -0.287. The van der Waals surface area contributed by atoms with Gasteiger partial charge in [-0.15, -0.1) is 11.6 Å². The van der Waals surface area contributed by atoms with Gasteiger partial charge in [0.25, 0.3) is 0 Å². The normalized spacial score (nSPS) is 11.3. The Morgan fingerprint density at radius 3 is 2.22 bits per heavy atom. The SMILES string of the molecule is CCC(CC)(CCl)NC(=O)Cc1ccc(Cl)cc1. The monoisotopic (exact) mass is 287 g/mol. The van der Waals surface area contributed by atoms with E-state index in [9.17, 15) is 4.79 Å². The quantitative estimate of drug-likeness (QED) is 0.793. The zero-order valence-corrected chi connectivity index (χ0v) is 12.3. The van der Waals surface area contributed by atoms with Crippen molar-refractivity contribution in [2.24, 2.45) is 0 Å². The third-order valence-corrected chi connectivity index (χ3v) is 4.06. The van der Waals surface area contributed by atoms with Gasteiger partial charge in [-0.3, -0.25) is 4.79 Å². The number of carbonyl (C=O) groups excluding carboxylic acids is 1. The van der Waals surface area contributed by atoms with Gasteiger partial charge in [-0.25, -0.2) is 0 Å². The fraction of sp³-hybridized carbons (Fsp3) is 0.500. The first-order valence-electron chi connectivity index (χ1n) is 6.16. The van der Waals surface area contributed by atoms with Gasteiger partial charge in [0, 0.05) is 10.9 Å². The van der Waals surface area contributed by atoms with Crippen LogP contribution in [0.3, 0.4) is 0 Å². The molecule has 1 rings (SSSR count). The summed E-state index contributed by atoms with van der Waals surface area (Å²) in [6.07, 6.45) is 2.02. The molecule has 0 unspecified atom stereocenters. The highest BCUT2D eigenvalue weighted by Crippen LogP contribution is 2.17. The molecule has 0 fully saturated rings. The van der Waals surface area contributed by atoms with E-state index in [-0.39, 0.29) is 11.4 Å². The highest BCUT2D eigenvalue weighted by molar-refractivity contribution is 6.30. The van der Waals surface area contributed by atoms with Crippen LogP contribution in [0.25, 0.3) is 0 Å². The van der Waals surface area contributed by atoms with Crippen molar-refractivity contribution in [3.05, 3.63) is 34.9 Å². The second kappa shape index (κ2) is 7.01. The van der Waals surface area contributed by atoms with Crippen molar-refractivity contribution >= 4 is 29.1 Å². The summed E-state index contributed by atoms with van der Waals surface area (Å²) >= 11 is 11.8. The van der Waals surface area contributed by atoms with Crippen LogP contribution >= 0.6 is 23.2 Å². The third-order valence-electron chi connectivity index (χ3n) is 3.29. The van der Waals surface area contributed by atoms with Crippen LogP contribution in [-0.4, -0.2) is 17.3 Å². The minimum absolute atomic E-state index is 0.00155. The van der Waals surface area contributed by atoms with Crippen LogP contribution in [0.4, 0.5) is 0 Å². The van der Waals surface area contributed by atoms with Crippen molar-refractivity contribution in [3.63, 3.8) is 0 Å². The summed E-state index contributed by atoms with van der Waals surface area (Å²) in [5, 5.41) is 3.72. The predicted molar refractivity (Wildman–Crippen MR) is 77.3 cm³/mol. The van der Waals surface area contributed by atoms with Crippen LogP contribution in [0.5, 0.6) is 0 Å². The molecule has 1 aromatic rings. The van der Waals surface area contributed by atoms with Crippen molar-refractivity contribution < 1.29 is 4.79 Å². The number of nitrogens with one attached hydrogen (secondary N) is 1. The third kappa shape index (κ3) is 4.18. The van der Waals surface area contributed by atoms with Crippen LogP contribution in [0.1, 0.15) is 32.3 Å². The van der Waals surface area contributed by atoms with Crippen LogP contribution in [0, 0.1) is 0 Å². The summed E-state index contributed by atoms with van der Waals surface area (Å²) in [5.41, 5.74) is 0.665. The van der Waals surface area contributed by atoms with Gasteiger partial charge in [-0.05, 0) is 30.5 Å². The van der Waals surface area contributed by atoms with Crippen molar-refractivity contribution in [1.29, 1.82) is 0 Å². The summed E-state index contributed by atoms with van der Waals surface area (Å²) in [6.45, 7) is 4.07. The number of hydrogen-bond donors (Lipinski definition) is 1. The van der Waals surface area contributed by atoms with Gasteiger partial charge in [0.1, 0.15) is 0 Å². The molecule has 1 amide bonds. The van der Waals surface area contributed by atoms with E-state index in [4.69, 9.17) is 23.2 Å². The van der Waals surface area contributed by atoms with E-state index in [0.29, 0.717) is 17.3 Å². The van der Waals surface area contributed by atoms with E-state index in [1.165, 1.54) is 0 Å². The van der Waals surface area contributed by atoms with Crippen molar-refractivity contribution in [2.75, 3.05) is 5.88 Å². The first-order chi connectivity index (χ1) is 8.55. The van der Waals surface area contributed by atoms with Crippen LogP contribution < -0.4 is 5.32 Å². The first kappa shape index (κ1) is 15.3. The number of alkyl halides is 1. The number of benzene rings is 1. The fourth-order valence-electron chi connectivity index (χ4n) is 1.78. The molecule has 1 aromatic carbocycles. The number of amides is 1. The van der Waals surface area contributed by atoms with Crippen LogP contribution in [0.15, 0.2) is 24.3 Å². The highest BCUT2D eigenvalue weighted by Gasteiger charge is 2.26. The van der Waals surface area contributed by atoms with Gasteiger partial charge in [-0.1, -0.05) is 37.6 Å². The Bertz CT molecular complexity index is 377. The molecule has 0 aromatic heterocycles. The molecule has 0 aliphatic carbocycles. The maximum absolute atomic E-state index is 12.0. The van der Waals surface area contributed by atoms with E-state index in [2.05, 4.69) is 5.32 Å². The lowest BCUT2D eigenvalue weighted by Gasteiger charge is -2.30. The Kier molecular flexibility index (Phi) is 5.97. The molecule has 2 nitrogen and oxygen atoms in total. The second-order valence-electron chi connectivity index (χ2n) is 4.47. The topological polar surface area (TPSA) is 29.1 Å². The Balaban J connectivity index is 2.63. The maximum Gasteiger partial charge on any atom is 0.224 e. The number of carbonyl (C=O) groups is 1. The fourth-order valence-corrected chi connectivity index (χ4v) is 2.35. The molecule has 0 atom stereocenters. The Morgan fingerprint density at radius 1 is 1.22 bits per heavy atom. The molecule has 0 bridgehead atoms. The average molecular weight is 288 g/mol. The van der Waals surface area contributed by atoms with E-state index >= 15 is 0 Å². The smallest absolute Gasteiger partial charge is 0.224 e. The standard InChI is InChI=1S/C14H19Cl2NO/c1-3-14(4-2,10-15)17-13(18)9-11-5-7-12(16)8-6-11/h5-8H,3-4,9-10H2,1-2H3,(H,17,18).